The molecule has 9 heteroatoms. The van der Waals surface area contributed by atoms with E-state index in [4.69, 9.17) is 17.0 Å². The number of hydrogen-bond acceptors (Lipinski definition) is 6. The molecular weight excluding hydrogens is 595 g/mol. The van der Waals surface area contributed by atoms with Gasteiger partial charge in [-0.3, -0.25) is 4.79 Å². The van der Waals surface area contributed by atoms with Crippen molar-refractivity contribution in [2.45, 2.75) is 55.6 Å². The fraction of sp³-hybridized carbons (Fsp3) is 0.265. The summed E-state index contributed by atoms with van der Waals surface area (Å²) in [6, 6.07) is 26.3. The summed E-state index contributed by atoms with van der Waals surface area (Å²) in [5, 5.41) is 10.2. The van der Waals surface area contributed by atoms with Gasteiger partial charge in [-0.1, -0.05) is 61.0 Å². The van der Waals surface area contributed by atoms with E-state index < -0.39 is 5.97 Å². The zero-order valence-electron chi connectivity index (χ0n) is 24.4. The lowest BCUT2D eigenvalue weighted by atomic mass is 9.83. The molecule has 1 aliphatic carbocycles. The molecule has 1 heterocycles. The molecule has 5 rings (SSSR count). The first-order chi connectivity index (χ1) is 20.8. The van der Waals surface area contributed by atoms with E-state index in [0.717, 1.165) is 46.0 Å². The van der Waals surface area contributed by atoms with Crippen LogP contribution in [0, 0.1) is 6.92 Å². The van der Waals surface area contributed by atoms with Gasteiger partial charge in [0.15, 0.2) is 5.11 Å². The number of ether oxygens (including phenoxy) is 1. The van der Waals surface area contributed by atoms with Gasteiger partial charge in [0.25, 0.3) is 0 Å². The first kappa shape index (κ1) is 30.8. The quantitative estimate of drug-likeness (QED) is 0.0974. The minimum Gasteiger partial charge on any atom is -0.465 e. The number of nitrogens with one attached hydrogen (secondary N) is 3. The third-order valence-corrected chi connectivity index (χ3v) is 10.2. The van der Waals surface area contributed by atoms with Crippen molar-refractivity contribution in [2.24, 2.45) is 0 Å². The van der Waals surface area contributed by atoms with Crippen LogP contribution in [0.15, 0.2) is 83.8 Å². The molecule has 222 valence electrons. The number of thiophene rings is 1. The van der Waals surface area contributed by atoms with Gasteiger partial charge in [-0.2, -0.15) is 0 Å². The highest BCUT2D eigenvalue weighted by Gasteiger charge is 2.31. The Morgan fingerprint density at radius 2 is 1.74 bits per heavy atom. The number of carbonyl (C=O) groups excluding carboxylic acids is 2. The van der Waals surface area contributed by atoms with E-state index in [1.54, 1.807) is 0 Å². The maximum atomic E-state index is 13.6. The van der Waals surface area contributed by atoms with Crippen LogP contribution in [0.25, 0.3) is 0 Å². The van der Waals surface area contributed by atoms with Gasteiger partial charge in [-0.25, -0.2) is 4.79 Å². The van der Waals surface area contributed by atoms with Gasteiger partial charge in [-0.05, 0) is 92.2 Å². The van der Waals surface area contributed by atoms with E-state index in [2.05, 4.69) is 40.2 Å². The summed E-state index contributed by atoms with van der Waals surface area (Å²) >= 11 is 8.50. The number of hydrogen-bond donors (Lipinski definition) is 3. The molecule has 1 aromatic heterocycles. The zero-order chi connectivity index (χ0) is 30.3. The van der Waals surface area contributed by atoms with Crippen LogP contribution >= 0.6 is 35.3 Å². The van der Waals surface area contributed by atoms with Crippen molar-refractivity contribution >= 4 is 68.7 Å². The van der Waals surface area contributed by atoms with E-state index in [1.807, 2.05) is 68.4 Å². The molecule has 0 saturated heterocycles. The number of fused-ring (bicyclic) bond motifs is 1. The SMILES string of the molecule is CCC(Sc1cccc(NC(=S)Nc2ccc(C)cc2)c1)C(=O)Nc1sc2c(c1C(=O)OC)CCC(c1ccccc1)C2. The molecule has 0 bridgehead atoms. The summed E-state index contributed by atoms with van der Waals surface area (Å²) in [6.45, 7) is 4.03. The minimum absolute atomic E-state index is 0.134. The predicted octanol–water partition coefficient (Wildman–Crippen LogP) is 8.43. The average Bonchev–Trinajstić information content (AvgIpc) is 3.38. The number of thioether (sulfide) groups is 1. The lowest BCUT2D eigenvalue weighted by molar-refractivity contribution is -0.115. The second-order valence-corrected chi connectivity index (χ2v) is 13.3. The third kappa shape index (κ3) is 7.65. The molecule has 43 heavy (non-hydrogen) atoms. The maximum Gasteiger partial charge on any atom is 0.341 e. The number of aryl methyl sites for hydroxylation is 1. The Morgan fingerprint density at radius 1 is 1.00 bits per heavy atom. The molecule has 4 aromatic rings. The Morgan fingerprint density at radius 3 is 2.47 bits per heavy atom. The van der Waals surface area contributed by atoms with Gasteiger partial charge in [-0.15, -0.1) is 23.1 Å². The molecular formula is C34H35N3O3S3. The van der Waals surface area contributed by atoms with E-state index >= 15 is 0 Å². The van der Waals surface area contributed by atoms with Gasteiger partial charge in [0, 0.05) is 21.1 Å². The number of benzene rings is 3. The Kier molecular flexibility index (Phi) is 10.2. The molecule has 1 amide bonds. The van der Waals surface area contributed by atoms with E-state index in [-0.39, 0.29) is 11.2 Å². The number of amides is 1. The van der Waals surface area contributed by atoms with E-state index in [0.29, 0.717) is 28.0 Å². The number of rotatable bonds is 9. The Hall–Kier alpha value is -3.66. The second-order valence-electron chi connectivity index (χ2n) is 10.5. The van der Waals surface area contributed by atoms with Crippen molar-refractivity contribution in [1.82, 2.24) is 0 Å². The number of esters is 1. The molecule has 0 saturated carbocycles. The molecule has 2 atom stereocenters. The number of anilines is 3. The summed E-state index contributed by atoms with van der Waals surface area (Å²) in [6.07, 6.45) is 3.19. The maximum absolute atomic E-state index is 13.6. The van der Waals surface area contributed by atoms with Gasteiger partial charge in [0.05, 0.1) is 17.9 Å². The molecule has 2 unspecified atom stereocenters. The Balaban J connectivity index is 1.27. The van der Waals surface area contributed by atoms with Crippen LogP contribution in [-0.4, -0.2) is 29.3 Å². The van der Waals surface area contributed by atoms with Crippen molar-refractivity contribution < 1.29 is 14.3 Å². The number of thiocarbonyl (C=S) groups is 1. The van der Waals surface area contributed by atoms with Crippen LogP contribution in [-0.2, 0) is 22.4 Å². The van der Waals surface area contributed by atoms with E-state index in [9.17, 15) is 9.59 Å². The van der Waals surface area contributed by atoms with Gasteiger partial charge in [0.1, 0.15) is 5.00 Å². The molecule has 0 radical (unpaired) electrons. The van der Waals surface area contributed by atoms with Gasteiger partial charge in [0.2, 0.25) is 5.91 Å². The van der Waals surface area contributed by atoms with Crippen molar-refractivity contribution in [3.05, 3.63) is 106 Å². The molecule has 6 nitrogen and oxygen atoms in total. The molecule has 0 spiro atoms. The van der Waals surface area contributed by atoms with E-state index in [1.165, 1.54) is 41.3 Å². The van der Waals surface area contributed by atoms with Gasteiger partial charge >= 0.3 is 5.97 Å². The largest absolute Gasteiger partial charge is 0.465 e. The van der Waals surface area contributed by atoms with Crippen molar-refractivity contribution in [1.29, 1.82) is 0 Å². The summed E-state index contributed by atoms with van der Waals surface area (Å²) in [5.41, 5.74) is 5.74. The predicted molar refractivity (Wildman–Crippen MR) is 183 cm³/mol. The molecule has 0 aliphatic heterocycles. The molecule has 1 aliphatic rings. The average molecular weight is 630 g/mol. The van der Waals surface area contributed by atoms with Crippen LogP contribution in [0.4, 0.5) is 16.4 Å². The molecule has 3 aromatic carbocycles. The smallest absolute Gasteiger partial charge is 0.341 e. The number of methoxy groups -OCH3 is 1. The molecule has 3 N–H and O–H groups in total. The Labute approximate surface area is 266 Å². The first-order valence-corrected chi connectivity index (χ1v) is 16.4. The highest BCUT2D eigenvalue weighted by molar-refractivity contribution is 8.00. The Bertz CT molecular complexity index is 1600. The second kappa shape index (κ2) is 14.2. The van der Waals surface area contributed by atoms with Crippen molar-refractivity contribution in [3.8, 4) is 0 Å². The number of carbonyl (C=O) groups is 2. The van der Waals surface area contributed by atoms with Crippen LogP contribution in [0.1, 0.15) is 57.6 Å². The highest BCUT2D eigenvalue weighted by Crippen LogP contribution is 2.43. The lowest BCUT2D eigenvalue weighted by Crippen LogP contribution is -2.25. The molecule has 0 fully saturated rings. The summed E-state index contributed by atoms with van der Waals surface area (Å²) in [5.74, 6) is -0.146. The van der Waals surface area contributed by atoms with Gasteiger partial charge < -0.3 is 20.7 Å². The standard InChI is InChI=1S/C34H35N3O3S3/c1-4-28(42-26-12-8-11-25(20-26)36-34(41)35-24-16-13-21(2)14-17-24)31(38)37-32-30(33(39)40-3)27-18-15-23(19-29(27)43-32)22-9-6-5-7-10-22/h5-14,16-17,20,23,28H,4,15,18-19H2,1-3H3,(H,37,38)(H2,35,36,41). The lowest BCUT2D eigenvalue weighted by Gasteiger charge is -2.22. The topological polar surface area (TPSA) is 79.5 Å². The first-order valence-electron chi connectivity index (χ1n) is 14.3. The fourth-order valence-electron chi connectivity index (χ4n) is 5.26. The van der Waals surface area contributed by atoms with Crippen molar-refractivity contribution in [3.63, 3.8) is 0 Å². The normalized spacial score (nSPS) is 14.7. The summed E-state index contributed by atoms with van der Waals surface area (Å²) < 4.78 is 5.15. The summed E-state index contributed by atoms with van der Waals surface area (Å²) in [4.78, 5) is 28.6. The summed E-state index contributed by atoms with van der Waals surface area (Å²) in [7, 11) is 1.39. The van der Waals surface area contributed by atoms with Crippen molar-refractivity contribution in [2.75, 3.05) is 23.1 Å². The monoisotopic (exact) mass is 629 g/mol. The third-order valence-electron chi connectivity index (χ3n) is 7.51. The fourth-order valence-corrected chi connectivity index (χ4v) is 7.83. The zero-order valence-corrected chi connectivity index (χ0v) is 26.9. The van der Waals surface area contributed by atoms with Crippen LogP contribution in [0.5, 0.6) is 0 Å². The van der Waals surface area contributed by atoms with Crippen LogP contribution in [0.2, 0.25) is 0 Å². The minimum atomic E-state index is -0.402. The highest BCUT2D eigenvalue weighted by atomic mass is 32.2. The van der Waals surface area contributed by atoms with Crippen LogP contribution < -0.4 is 16.0 Å². The van der Waals surface area contributed by atoms with Crippen LogP contribution in [0.3, 0.4) is 0 Å².